The molecule has 0 amide bonds. The number of anilines is 8. The van der Waals surface area contributed by atoms with Crippen molar-refractivity contribution in [2.75, 3.05) is 19.6 Å². The van der Waals surface area contributed by atoms with Crippen LogP contribution < -0.4 is 28.7 Å². The average Bonchev–Trinajstić information content (AvgIpc) is 1.31. The third kappa shape index (κ3) is 13.4. The molecular formula is C94H118N8U2+2. The minimum Gasteiger partial charge on any atom is -0.595 e. The van der Waals surface area contributed by atoms with Crippen molar-refractivity contribution in [2.45, 2.75) is 215 Å². The Morgan fingerprint density at radius 3 is 1.22 bits per heavy atom. The van der Waals surface area contributed by atoms with E-state index in [9.17, 15) is 10.8 Å². The predicted molar refractivity (Wildman–Crippen MR) is 442 cm³/mol. The van der Waals surface area contributed by atoms with Gasteiger partial charge in [-0.15, -0.1) is 12.7 Å². The van der Waals surface area contributed by atoms with E-state index in [4.69, 9.17) is 0 Å². The number of rotatable bonds is 2. The summed E-state index contributed by atoms with van der Waals surface area (Å²) in [5.41, 5.74) is 33.0. The van der Waals surface area contributed by atoms with Gasteiger partial charge in [-0.1, -0.05) is 311 Å². The number of pyridine rings is 2. The summed E-state index contributed by atoms with van der Waals surface area (Å²) in [6, 6.07) is 67.1. The van der Waals surface area contributed by atoms with E-state index in [0.29, 0.717) is 0 Å². The number of hydrogen-bond acceptors (Lipinski definition) is 2. The number of nitrogens with zero attached hydrogens (tertiary/aromatic N) is 8. The second-order valence-electron chi connectivity index (χ2n) is 22.7. The molecule has 2 spiro atoms. The van der Waals surface area contributed by atoms with Crippen molar-refractivity contribution in [1.82, 2.24) is 0 Å². The standard InChI is InChI=1S/2C35H23N4.12C2H6.2U/c36-20-37-19-35-31-26(30-25-10-3-1-7-21(25)17-23-9-6-16-38(35)33(23)30)15-14-24-18-22-8-2-4-11-27(22)39(34(24)31)29-13-5-12-28(37)32(29)35;36-20-37-19-35-32-28(37)13-7-14-29(32)39-26-11-4-2-9-22(26)17-24-18-23-16-21-8-1-3-10-25(21)31(30(23)33(35)34(24)39)27-12-5-6-15-38(27)35;12*1-2;;/h1-16,19-20,30H,17-18H2;1-15,18-20,31H,16-17H2;12*1-2H3;;/q2*-1;;;;;;;;;;;;;2*+2. The van der Waals surface area contributed by atoms with Crippen LogP contribution in [-0.4, -0.2) is 12.7 Å². The Hall–Kier alpha value is -7.30. The maximum atomic E-state index is 10.5. The molecule has 104 heavy (non-hydrogen) atoms. The molecule has 0 bridgehead atoms. The van der Waals surface area contributed by atoms with Crippen molar-refractivity contribution in [3.05, 3.63) is 319 Å². The van der Waals surface area contributed by atoms with Gasteiger partial charge in [-0.05, 0) is 98.0 Å². The van der Waals surface area contributed by atoms with Crippen molar-refractivity contribution in [2.24, 2.45) is 0 Å². The number of aromatic nitrogens is 2. The summed E-state index contributed by atoms with van der Waals surface area (Å²) in [7, 11) is 0. The molecule has 10 heterocycles. The van der Waals surface area contributed by atoms with Crippen LogP contribution in [0.25, 0.3) is 10.8 Å². The third-order valence-corrected chi connectivity index (χ3v) is 19.4. The molecule has 10 heteroatoms. The first-order valence-electron chi connectivity index (χ1n) is 39.4. The van der Waals surface area contributed by atoms with Gasteiger partial charge in [-0.25, -0.2) is 9.13 Å². The van der Waals surface area contributed by atoms with Gasteiger partial charge in [0.15, 0.2) is 23.8 Å². The largest absolute Gasteiger partial charge is 2.00 e. The first-order chi connectivity index (χ1) is 50.6. The summed E-state index contributed by atoms with van der Waals surface area (Å²) in [5, 5.41) is 21.0. The van der Waals surface area contributed by atoms with Gasteiger partial charge >= 0.3 is 62.2 Å². The summed E-state index contributed by atoms with van der Waals surface area (Å²) in [5.74, 6) is 0.315. The van der Waals surface area contributed by atoms with Crippen molar-refractivity contribution < 1.29 is 71.4 Å². The number of fused-ring (bicyclic) bond motifs is 13. The van der Waals surface area contributed by atoms with Gasteiger partial charge in [0.25, 0.3) is 0 Å². The molecule has 540 valence electrons. The Bertz CT molecular complexity index is 4410. The van der Waals surface area contributed by atoms with Crippen LogP contribution in [0.2, 0.25) is 0 Å². The predicted octanol–water partition coefficient (Wildman–Crippen LogP) is 25.2. The van der Waals surface area contributed by atoms with E-state index in [0.717, 1.165) is 37.1 Å². The van der Waals surface area contributed by atoms with E-state index in [2.05, 4.69) is 226 Å². The zero-order valence-corrected chi connectivity index (χ0v) is 75.7. The van der Waals surface area contributed by atoms with Crippen molar-refractivity contribution in [1.29, 1.82) is 0 Å². The minimum atomic E-state index is -0.553. The van der Waals surface area contributed by atoms with Crippen LogP contribution in [0.3, 0.4) is 0 Å². The number of para-hydroxylation sites is 2. The Balaban J connectivity index is 0.000000287. The van der Waals surface area contributed by atoms with Crippen LogP contribution in [0.15, 0.2) is 194 Å². The van der Waals surface area contributed by atoms with Crippen LogP contribution in [0.1, 0.15) is 278 Å². The molecule has 8 aliphatic heterocycles. The zero-order chi connectivity index (χ0) is 74.9. The van der Waals surface area contributed by atoms with E-state index in [1.807, 2.05) is 176 Å². The van der Waals surface area contributed by atoms with Gasteiger partial charge in [0, 0.05) is 76.7 Å². The topological polar surface area (TPSA) is 65.3 Å². The van der Waals surface area contributed by atoms with Gasteiger partial charge in [0.2, 0.25) is 0 Å². The summed E-state index contributed by atoms with van der Waals surface area (Å²) < 4.78 is 5.03. The molecule has 0 saturated carbocycles. The molecule has 0 fully saturated rings. The van der Waals surface area contributed by atoms with Gasteiger partial charge in [0.05, 0.1) is 34.6 Å². The van der Waals surface area contributed by atoms with Crippen LogP contribution in [0.5, 0.6) is 0 Å². The van der Waals surface area contributed by atoms with Crippen LogP contribution >= 0.6 is 0 Å². The van der Waals surface area contributed by atoms with Crippen molar-refractivity contribution >= 4 is 58.2 Å². The molecule has 0 saturated heterocycles. The maximum Gasteiger partial charge on any atom is 2.00 e. The third-order valence-electron chi connectivity index (χ3n) is 19.4. The summed E-state index contributed by atoms with van der Waals surface area (Å²) in [6.45, 7) is 52.5. The Morgan fingerprint density at radius 1 is 0.327 bits per heavy atom. The first kappa shape index (κ1) is 87.3. The average molecular weight is 1840 g/mol. The van der Waals surface area contributed by atoms with Gasteiger partial charge in [0.1, 0.15) is 11.1 Å². The van der Waals surface area contributed by atoms with Crippen molar-refractivity contribution in [3.63, 3.8) is 0 Å². The molecule has 4 atom stereocenters. The molecule has 8 nitrogen and oxygen atoms in total. The quantitative estimate of drug-likeness (QED) is 0.0749. The van der Waals surface area contributed by atoms with Crippen LogP contribution in [-0.2, 0) is 36.8 Å². The van der Waals surface area contributed by atoms with E-state index < -0.39 is 11.1 Å². The Morgan fingerprint density at radius 2 is 0.712 bits per heavy atom. The molecule has 20 rings (SSSR count). The second kappa shape index (κ2) is 39.9. The normalized spacial score (nSPS) is 16.7. The van der Waals surface area contributed by atoms with Gasteiger partial charge in [-0.3, -0.25) is 13.1 Å². The molecule has 10 aromatic rings. The summed E-state index contributed by atoms with van der Waals surface area (Å²) in [6.07, 6.45) is 10.7. The van der Waals surface area contributed by atoms with Crippen molar-refractivity contribution in [3.8, 4) is 0 Å². The first-order valence-corrected chi connectivity index (χ1v) is 39.4. The molecule has 0 N–H and O–H groups in total. The fraction of sp³-hybridized carbons (Fsp3) is 0.340. The molecule has 8 aromatic carbocycles. The van der Waals surface area contributed by atoms with Crippen LogP contribution in [0.4, 0.5) is 45.5 Å². The molecule has 10 aliphatic rings. The SMILES string of the molecule is CC.CC.CC.CC.CC.CC.CC.CC.CC.CC.CC.CC.[N-]=CN1[CH-]C23c4c1cccc4N1c4ccccc4Cc4cc5c(c2c41)C(c1ccccc1C5)c1cccc[n+]13.[N-]=CN1[CH-]C23c4c1cccc4N1c4ccccc4Cc4ccc(c2c41)C1c2ccccc2Cc2ccc[n+]3c21.[U+2].[U+2]. The van der Waals surface area contributed by atoms with E-state index in [-0.39, 0.29) is 74.1 Å². The molecule has 2 aromatic heterocycles. The molecule has 0 radical (unpaired) electrons. The fourth-order valence-electron chi connectivity index (χ4n) is 16.8. The maximum absolute atomic E-state index is 10.5. The molecular weight excluding hydrogens is 1720 g/mol. The second-order valence-corrected chi connectivity index (χ2v) is 22.7. The fourth-order valence-corrected chi connectivity index (χ4v) is 16.8. The molecule has 4 unspecified atom stereocenters. The van der Waals surface area contributed by atoms with E-state index in [1.54, 1.807) is 0 Å². The summed E-state index contributed by atoms with van der Waals surface area (Å²) >= 11 is 0. The summed E-state index contributed by atoms with van der Waals surface area (Å²) in [4.78, 5) is 8.87. The molecule has 2 aliphatic carbocycles. The van der Waals surface area contributed by atoms with Gasteiger partial charge < -0.3 is 30.4 Å². The van der Waals surface area contributed by atoms with Gasteiger partial charge in [-0.2, -0.15) is 0 Å². The smallest absolute Gasteiger partial charge is 0.595 e. The Labute approximate surface area is 676 Å². The Kier molecular flexibility index (Phi) is 33.5. The number of hydrogen-bond donors (Lipinski definition) is 0. The van der Waals surface area contributed by atoms with E-state index in [1.165, 1.54) is 147 Å². The minimum absolute atomic E-state index is 0. The monoisotopic (exact) mass is 1840 g/mol. The van der Waals surface area contributed by atoms with E-state index >= 15 is 0 Å². The number of benzene rings is 8. The zero-order valence-electron chi connectivity index (χ0n) is 67.3. The van der Waals surface area contributed by atoms with Crippen LogP contribution in [0, 0.1) is 75.3 Å².